The second-order valence-electron chi connectivity index (χ2n) is 7.89. The summed E-state index contributed by atoms with van der Waals surface area (Å²) >= 11 is 0. The molecule has 1 amide bonds. The van der Waals surface area contributed by atoms with Crippen molar-refractivity contribution in [2.75, 3.05) is 44.3 Å². The first kappa shape index (κ1) is 22.3. The number of benzene rings is 1. The van der Waals surface area contributed by atoms with E-state index < -0.39 is 10.0 Å². The molecule has 0 bridgehead atoms. The average molecular weight is 446 g/mol. The third kappa shape index (κ3) is 3.86. The Balaban J connectivity index is 0.00000240. The van der Waals surface area contributed by atoms with Crippen molar-refractivity contribution in [3.05, 3.63) is 18.2 Å². The molecule has 3 aliphatic heterocycles. The molecule has 3 heterocycles. The molecule has 2 atom stereocenters. The molecule has 0 aromatic heterocycles. The Bertz CT molecular complexity index is 881. The van der Waals surface area contributed by atoms with E-state index >= 15 is 0 Å². The molecule has 10 heteroatoms. The van der Waals surface area contributed by atoms with Gasteiger partial charge < -0.3 is 20.1 Å². The number of ether oxygens (including phenoxy) is 1. The van der Waals surface area contributed by atoms with Gasteiger partial charge in [-0.15, -0.1) is 12.4 Å². The number of hydrogen-bond donors (Lipinski definition) is 2. The van der Waals surface area contributed by atoms with Crippen LogP contribution < -0.4 is 15.0 Å². The van der Waals surface area contributed by atoms with Gasteiger partial charge in [-0.25, -0.2) is 8.42 Å². The summed E-state index contributed by atoms with van der Waals surface area (Å²) in [4.78, 5) is 13.6. The number of aliphatic hydroxyl groups excluding tert-OH is 1. The summed E-state index contributed by atoms with van der Waals surface area (Å²) in [7, 11) is -3.71. The van der Waals surface area contributed by atoms with E-state index in [2.05, 4.69) is 5.32 Å². The lowest BCUT2D eigenvalue weighted by atomic mass is 9.70. The number of carbonyl (C=O) groups is 1. The van der Waals surface area contributed by atoms with Crippen molar-refractivity contribution < 1.29 is 23.1 Å². The molecule has 0 unspecified atom stereocenters. The molecule has 0 saturated carbocycles. The summed E-state index contributed by atoms with van der Waals surface area (Å²) in [5, 5.41) is 13.3. The summed E-state index contributed by atoms with van der Waals surface area (Å²) in [5.74, 6) is 0.378. The SMILES string of the molecule is CC(=O)N1CCOc2ccc(S(=O)(=O)N3CC[C@@]4(CO)CCCN[C@@H]4C3)cc21.Cl. The number of carbonyl (C=O) groups excluding carboxylic acids is 1. The molecule has 3 aliphatic rings. The van der Waals surface area contributed by atoms with Gasteiger partial charge >= 0.3 is 0 Å². The normalized spacial score (nSPS) is 27.2. The fraction of sp³-hybridized carbons (Fsp3) is 0.632. The number of rotatable bonds is 3. The maximum atomic E-state index is 13.3. The fourth-order valence-corrected chi connectivity index (χ4v) is 6.10. The molecule has 1 aromatic carbocycles. The molecule has 0 aliphatic carbocycles. The maximum absolute atomic E-state index is 13.3. The number of nitrogens with one attached hydrogen (secondary N) is 1. The Morgan fingerprint density at radius 1 is 1.34 bits per heavy atom. The Hall–Kier alpha value is -1.39. The van der Waals surface area contributed by atoms with Crippen LogP contribution in [0.1, 0.15) is 26.2 Å². The monoisotopic (exact) mass is 445 g/mol. The van der Waals surface area contributed by atoms with Crippen molar-refractivity contribution in [1.82, 2.24) is 9.62 Å². The van der Waals surface area contributed by atoms with Crippen LogP contribution in [-0.4, -0.2) is 69.2 Å². The van der Waals surface area contributed by atoms with E-state index in [0.29, 0.717) is 44.1 Å². The summed E-state index contributed by atoms with van der Waals surface area (Å²) in [6.45, 7) is 3.89. The molecule has 0 spiro atoms. The molecule has 2 fully saturated rings. The number of hydrogen-bond acceptors (Lipinski definition) is 6. The van der Waals surface area contributed by atoms with Crippen molar-refractivity contribution >= 4 is 34.0 Å². The summed E-state index contributed by atoms with van der Waals surface area (Å²) in [6.07, 6.45) is 2.54. The first-order valence-corrected chi connectivity index (χ1v) is 11.2. The average Bonchev–Trinajstić information content (AvgIpc) is 2.72. The smallest absolute Gasteiger partial charge is 0.243 e. The number of fused-ring (bicyclic) bond motifs is 2. The van der Waals surface area contributed by atoms with E-state index in [-0.39, 0.29) is 41.3 Å². The third-order valence-electron chi connectivity index (χ3n) is 6.35. The van der Waals surface area contributed by atoms with E-state index in [0.717, 1.165) is 19.4 Å². The van der Waals surface area contributed by atoms with Gasteiger partial charge in [0, 0.05) is 31.5 Å². The molecular weight excluding hydrogens is 418 g/mol. The Morgan fingerprint density at radius 2 is 2.14 bits per heavy atom. The predicted molar refractivity (Wildman–Crippen MR) is 111 cm³/mol. The van der Waals surface area contributed by atoms with Gasteiger partial charge in [0.15, 0.2) is 0 Å². The molecule has 4 rings (SSSR count). The highest BCUT2D eigenvalue weighted by atomic mass is 35.5. The molecule has 162 valence electrons. The molecule has 29 heavy (non-hydrogen) atoms. The minimum Gasteiger partial charge on any atom is -0.490 e. The Kier molecular flexibility index (Phi) is 6.45. The molecule has 0 radical (unpaired) electrons. The van der Waals surface area contributed by atoms with E-state index in [1.165, 1.54) is 17.3 Å². The maximum Gasteiger partial charge on any atom is 0.243 e. The van der Waals surface area contributed by atoms with Gasteiger partial charge in [-0.3, -0.25) is 4.79 Å². The summed E-state index contributed by atoms with van der Waals surface area (Å²) in [5.41, 5.74) is 0.261. The molecule has 2 N–H and O–H groups in total. The minimum absolute atomic E-state index is 0. The van der Waals surface area contributed by atoms with Gasteiger partial charge in [0.05, 0.1) is 23.7 Å². The van der Waals surface area contributed by atoms with Crippen LogP contribution in [0.3, 0.4) is 0 Å². The van der Waals surface area contributed by atoms with Gasteiger partial charge in [-0.2, -0.15) is 4.31 Å². The lowest BCUT2D eigenvalue weighted by Gasteiger charge is -2.49. The van der Waals surface area contributed by atoms with Crippen molar-refractivity contribution in [3.8, 4) is 5.75 Å². The number of nitrogens with zero attached hydrogens (tertiary/aromatic N) is 2. The zero-order chi connectivity index (χ0) is 19.9. The van der Waals surface area contributed by atoms with E-state index in [1.807, 2.05) is 0 Å². The summed E-state index contributed by atoms with van der Waals surface area (Å²) < 4.78 is 33.7. The van der Waals surface area contributed by atoms with Gasteiger partial charge in [-0.1, -0.05) is 0 Å². The van der Waals surface area contributed by atoms with E-state index in [4.69, 9.17) is 4.74 Å². The highest BCUT2D eigenvalue weighted by molar-refractivity contribution is 7.89. The largest absolute Gasteiger partial charge is 0.490 e. The van der Waals surface area contributed by atoms with E-state index in [9.17, 15) is 18.3 Å². The first-order chi connectivity index (χ1) is 13.4. The second kappa shape index (κ2) is 8.39. The number of anilines is 1. The van der Waals surface area contributed by atoms with Crippen LogP contribution >= 0.6 is 12.4 Å². The number of aliphatic hydroxyl groups is 1. The van der Waals surface area contributed by atoms with Crippen molar-refractivity contribution in [1.29, 1.82) is 0 Å². The zero-order valence-electron chi connectivity index (χ0n) is 16.5. The van der Waals surface area contributed by atoms with Crippen LogP contribution in [0.5, 0.6) is 5.75 Å². The van der Waals surface area contributed by atoms with Gasteiger partial charge in [-0.05, 0) is 44.0 Å². The van der Waals surface area contributed by atoms with Crippen molar-refractivity contribution in [2.45, 2.75) is 37.1 Å². The van der Waals surface area contributed by atoms with Crippen LogP contribution in [0.4, 0.5) is 5.69 Å². The number of halogens is 1. The van der Waals surface area contributed by atoms with Gasteiger partial charge in [0.2, 0.25) is 15.9 Å². The topological polar surface area (TPSA) is 99.2 Å². The highest BCUT2D eigenvalue weighted by Crippen LogP contribution is 2.40. The molecule has 2 saturated heterocycles. The lowest BCUT2D eigenvalue weighted by molar-refractivity contribution is -0.116. The van der Waals surface area contributed by atoms with E-state index in [1.54, 1.807) is 17.0 Å². The fourth-order valence-electron chi connectivity index (χ4n) is 4.63. The van der Waals surface area contributed by atoms with Crippen LogP contribution in [0.25, 0.3) is 0 Å². The Labute approximate surface area is 177 Å². The quantitative estimate of drug-likeness (QED) is 0.719. The molecule has 1 aromatic rings. The standard InChI is InChI=1S/C19H27N3O5S.ClH/c1-14(24)22-9-10-27-17-4-3-15(11-16(17)22)28(25,26)21-8-6-19(13-23)5-2-7-20-18(19)12-21;/h3-4,11,18,20,23H,2,5-10,12-13H2,1H3;1H/t18-,19-;/m1./s1. The second-order valence-corrected chi connectivity index (χ2v) is 9.83. The first-order valence-electron chi connectivity index (χ1n) is 9.77. The van der Waals surface area contributed by atoms with Crippen LogP contribution in [0, 0.1) is 5.41 Å². The number of amides is 1. The van der Waals surface area contributed by atoms with Crippen LogP contribution in [0.15, 0.2) is 23.1 Å². The minimum atomic E-state index is -3.71. The van der Waals surface area contributed by atoms with Crippen molar-refractivity contribution in [3.63, 3.8) is 0 Å². The predicted octanol–water partition coefficient (Wildman–Crippen LogP) is 0.979. The third-order valence-corrected chi connectivity index (χ3v) is 8.21. The van der Waals surface area contributed by atoms with Crippen LogP contribution in [-0.2, 0) is 14.8 Å². The van der Waals surface area contributed by atoms with Crippen LogP contribution in [0.2, 0.25) is 0 Å². The zero-order valence-corrected chi connectivity index (χ0v) is 18.1. The van der Waals surface area contributed by atoms with Crippen molar-refractivity contribution in [2.24, 2.45) is 5.41 Å². The lowest BCUT2D eigenvalue weighted by Crippen LogP contribution is -2.61. The van der Waals surface area contributed by atoms with Gasteiger partial charge in [0.1, 0.15) is 12.4 Å². The molecule has 8 nitrogen and oxygen atoms in total. The number of sulfonamides is 1. The number of piperidine rings is 2. The van der Waals surface area contributed by atoms with Gasteiger partial charge in [0.25, 0.3) is 0 Å². The Morgan fingerprint density at radius 3 is 2.86 bits per heavy atom. The highest BCUT2D eigenvalue weighted by Gasteiger charge is 2.46. The summed E-state index contributed by atoms with van der Waals surface area (Å²) in [6, 6.07) is 4.65. The molecular formula is C19H28ClN3O5S.